The number of benzene rings is 1. The van der Waals surface area contributed by atoms with Crippen molar-refractivity contribution in [1.29, 1.82) is 0 Å². The number of hydrogen-bond donors (Lipinski definition) is 1. The van der Waals surface area contributed by atoms with Gasteiger partial charge in [0, 0.05) is 38.6 Å². The summed E-state index contributed by atoms with van der Waals surface area (Å²) in [6.07, 6.45) is 5.76. The molecule has 0 spiro atoms. The van der Waals surface area contributed by atoms with E-state index >= 15 is 0 Å². The quantitative estimate of drug-likeness (QED) is 0.900. The van der Waals surface area contributed by atoms with E-state index in [1.807, 2.05) is 23.9 Å². The second kappa shape index (κ2) is 6.89. The van der Waals surface area contributed by atoms with E-state index in [-0.39, 0.29) is 18.0 Å². The van der Waals surface area contributed by atoms with Gasteiger partial charge in [0.25, 0.3) is 0 Å². The molecule has 0 aliphatic carbocycles. The molecule has 1 N–H and O–H groups in total. The Hall–Kier alpha value is -1.24. The van der Waals surface area contributed by atoms with E-state index in [0.717, 1.165) is 30.8 Å². The van der Waals surface area contributed by atoms with Crippen LogP contribution in [0.25, 0.3) is 0 Å². The highest BCUT2D eigenvalue weighted by molar-refractivity contribution is 9.10. The summed E-state index contributed by atoms with van der Waals surface area (Å²) in [4.78, 5) is 4.41. The highest BCUT2D eigenvalue weighted by Gasteiger charge is 2.29. The van der Waals surface area contributed by atoms with Crippen molar-refractivity contribution in [2.24, 2.45) is 7.05 Å². The zero-order chi connectivity index (χ0) is 15.5. The SMILES string of the molecule is Cn1ccnc1[C@H]1OCCC[C@@H]1NCc1ccc(F)c(Br)c1. The van der Waals surface area contributed by atoms with Gasteiger partial charge < -0.3 is 14.6 Å². The maximum absolute atomic E-state index is 13.3. The zero-order valence-corrected chi connectivity index (χ0v) is 14.0. The Morgan fingerprint density at radius 3 is 3.09 bits per heavy atom. The average Bonchev–Trinajstić information content (AvgIpc) is 2.95. The van der Waals surface area contributed by atoms with Crippen LogP contribution in [0.4, 0.5) is 4.39 Å². The van der Waals surface area contributed by atoms with Crippen LogP contribution in [0.5, 0.6) is 0 Å². The molecule has 0 bridgehead atoms. The third kappa shape index (κ3) is 3.39. The molecule has 1 fully saturated rings. The Balaban J connectivity index is 1.69. The monoisotopic (exact) mass is 367 g/mol. The predicted octanol–water partition coefficient (Wildman–Crippen LogP) is 3.33. The Morgan fingerprint density at radius 2 is 2.36 bits per heavy atom. The first-order chi connectivity index (χ1) is 10.6. The number of aromatic nitrogens is 2. The summed E-state index contributed by atoms with van der Waals surface area (Å²) in [5.74, 6) is 0.702. The standard InChI is InChI=1S/C16H19BrFN3O/c1-21-7-6-19-16(21)15-14(3-2-8-22-15)20-10-11-4-5-13(18)12(17)9-11/h4-7,9,14-15,20H,2-3,8,10H2,1H3/t14-,15-/m0/s1. The van der Waals surface area contributed by atoms with Gasteiger partial charge in [0.05, 0.1) is 4.47 Å². The van der Waals surface area contributed by atoms with Crippen molar-refractivity contribution in [2.45, 2.75) is 31.5 Å². The Bertz CT molecular complexity index is 646. The molecule has 1 aromatic heterocycles. The fourth-order valence-electron chi connectivity index (χ4n) is 2.79. The minimum absolute atomic E-state index is 0.0439. The van der Waals surface area contributed by atoms with Crippen LogP contribution in [0, 0.1) is 5.82 Å². The molecule has 1 aliphatic rings. The van der Waals surface area contributed by atoms with Gasteiger partial charge in [-0.15, -0.1) is 0 Å². The van der Waals surface area contributed by atoms with Crippen LogP contribution in [0.2, 0.25) is 0 Å². The number of rotatable bonds is 4. The molecule has 2 atom stereocenters. The van der Waals surface area contributed by atoms with Gasteiger partial charge in [0.1, 0.15) is 17.7 Å². The molecular formula is C16H19BrFN3O. The minimum Gasteiger partial charge on any atom is -0.369 e. The molecule has 0 saturated carbocycles. The van der Waals surface area contributed by atoms with Gasteiger partial charge in [-0.1, -0.05) is 6.07 Å². The molecule has 2 heterocycles. The van der Waals surface area contributed by atoms with E-state index in [0.29, 0.717) is 11.0 Å². The largest absolute Gasteiger partial charge is 0.369 e. The average molecular weight is 368 g/mol. The van der Waals surface area contributed by atoms with E-state index < -0.39 is 0 Å². The number of halogens is 2. The number of aryl methyl sites for hydroxylation is 1. The molecule has 0 radical (unpaired) electrons. The number of hydrogen-bond acceptors (Lipinski definition) is 3. The molecule has 4 nitrogen and oxygen atoms in total. The summed E-state index contributed by atoms with van der Waals surface area (Å²) in [5, 5.41) is 3.53. The lowest BCUT2D eigenvalue weighted by Gasteiger charge is -2.32. The molecule has 3 rings (SSSR count). The zero-order valence-electron chi connectivity index (χ0n) is 12.4. The summed E-state index contributed by atoms with van der Waals surface area (Å²) in [7, 11) is 1.98. The molecule has 1 saturated heterocycles. The lowest BCUT2D eigenvalue weighted by molar-refractivity contribution is -0.0178. The van der Waals surface area contributed by atoms with E-state index in [9.17, 15) is 4.39 Å². The van der Waals surface area contributed by atoms with Crippen molar-refractivity contribution < 1.29 is 9.13 Å². The van der Waals surface area contributed by atoms with Gasteiger partial charge in [-0.25, -0.2) is 9.37 Å². The smallest absolute Gasteiger partial charge is 0.139 e. The fraction of sp³-hybridized carbons (Fsp3) is 0.438. The summed E-state index contributed by atoms with van der Waals surface area (Å²) >= 11 is 3.22. The Morgan fingerprint density at radius 1 is 1.50 bits per heavy atom. The van der Waals surface area contributed by atoms with Crippen LogP contribution in [0.3, 0.4) is 0 Å². The third-order valence-corrected chi connectivity index (χ3v) is 4.60. The van der Waals surface area contributed by atoms with Gasteiger partial charge in [0.15, 0.2) is 0 Å². The van der Waals surface area contributed by atoms with E-state index in [2.05, 4.69) is 26.2 Å². The van der Waals surface area contributed by atoms with Crippen molar-refractivity contribution in [2.75, 3.05) is 6.61 Å². The second-order valence-corrected chi connectivity index (χ2v) is 6.42. The molecule has 0 unspecified atom stereocenters. The van der Waals surface area contributed by atoms with Crippen molar-refractivity contribution in [3.05, 3.63) is 52.3 Å². The maximum atomic E-state index is 13.3. The highest BCUT2D eigenvalue weighted by Crippen LogP contribution is 2.27. The summed E-state index contributed by atoms with van der Waals surface area (Å²) in [6.45, 7) is 1.44. The number of imidazole rings is 1. The van der Waals surface area contributed by atoms with Crippen LogP contribution < -0.4 is 5.32 Å². The molecule has 6 heteroatoms. The topological polar surface area (TPSA) is 39.1 Å². The summed E-state index contributed by atoms with van der Waals surface area (Å²) < 4.78 is 21.7. The van der Waals surface area contributed by atoms with Gasteiger partial charge >= 0.3 is 0 Å². The lowest BCUT2D eigenvalue weighted by Crippen LogP contribution is -2.40. The first kappa shape index (κ1) is 15.6. The molecular weight excluding hydrogens is 349 g/mol. The normalized spacial score (nSPS) is 22.0. The van der Waals surface area contributed by atoms with E-state index in [1.54, 1.807) is 12.3 Å². The van der Waals surface area contributed by atoms with Crippen molar-refractivity contribution in [1.82, 2.24) is 14.9 Å². The molecule has 22 heavy (non-hydrogen) atoms. The van der Waals surface area contributed by atoms with Crippen LogP contribution >= 0.6 is 15.9 Å². The minimum atomic E-state index is -0.240. The molecule has 1 aromatic carbocycles. The fourth-order valence-corrected chi connectivity index (χ4v) is 3.22. The molecule has 2 aromatic rings. The van der Waals surface area contributed by atoms with Crippen LogP contribution in [-0.2, 0) is 18.3 Å². The lowest BCUT2D eigenvalue weighted by atomic mass is 10.0. The molecule has 118 valence electrons. The van der Waals surface area contributed by atoms with Gasteiger partial charge in [-0.3, -0.25) is 0 Å². The van der Waals surface area contributed by atoms with Crippen molar-refractivity contribution >= 4 is 15.9 Å². The van der Waals surface area contributed by atoms with Gasteiger partial charge in [-0.2, -0.15) is 0 Å². The summed E-state index contributed by atoms with van der Waals surface area (Å²) in [5.41, 5.74) is 1.04. The molecule has 1 aliphatic heterocycles. The second-order valence-electron chi connectivity index (χ2n) is 5.57. The third-order valence-electron chi connectivity index (χ3n) is 3.99. The Labute approximate surface area is 137 Å². The first-order valence-electron chi connectivity index (χ1n) is 7.41. The summed E-state index contributed by atoms with van der Waals surface area (Å²) in [6, 6.07) is 5.29. The first-order valence-corrected chi connectivity index (χ1v) is 8.20. The number of nitrogens with one attached hydrogen (secondary N) is 1. The van der Waals surface area contributed by atoms with Crippen molar-refractivity contribution in [3.63, 3.8) is 0 Å². The van der Waals surface area contributed by atoms with Gasteiger partial charge in [0.2, 0.25) is 0 Å². The van der Waals surface area contributed by atoms with E-state index in [1.165, 1.54) is 6.07 Å². The number of nitrogens with zero attached hydrogens (tertiary/aromatic N) is 2. The van der Waals surface area contributed by atoms with E-state index in [4.69, 9.17) is 4.74 Å². The van der Waals surface area contributed by atoms with Crippen LogP contribution in [-0.4, -0.2) is 22.2 Å². The molecule has 0 amide bonds. The Kier molecular flexibility index (Phi) is 4.90. The number of ether oxygens (including phenoxy) is 1. The van der Waals surface area contributed by atoms with Gasteiger partial charge in [-0.05, 0) is 46.5 Å². The highest BCUT2D eigenvalue weighted by atomic mass is 79.9. The predicted molar refractivity (Wildman–Crippen MR) is 85.9 cm³/mol. The van der Waals surface area contributed by atoms with Crippen LogP contribution in [0.1, 0.15) is 30.3 Å². The van der Waals surface area contributed by atoms with Crippen LogP contribution in [0.15, 0.2) is 35.1 Å². The van der Waals surface area contributed by atoms with Crippen molar-refractivity contribution in [3.8, 4) is 0 Å². The maximum Gasteiger partial charge on any atom is 0.139 e.